The maximum Gasteiger partial charge on any atom is 0.344 e. The molecule has 0 fully saturated rings. The van der Waals surface area contributed by atoms with E-state index >= 15 is 0 Å². The lowest BCUT2D eigenvalue weighted by molar-refractivity contribution is -0.145. The summed E-state index contributed by atoms with van der Waals surface area (Å²) >= 11 is 6.21. The maximum atomic E-state index is 11.1. The molecule has 21 heavy (non-hydrogen) atoms. The highest BCUT2D eigenvalue weighted by atomic mass is 35.5. The molecule has 4 heteroatoms. The van der Waals surface area contributed by atoms with Gasteiger partial charge in [0, 0.05) is 0 Å². The Balaban J connectivity index is 2.21. The zero-order valence-corrected chi connectivity index (χ0v) is 12.5. The van der Waals surface area contributed by atoms with E-state index < -0.39 is 12.1 Å². The molecule has 0 aliphatic rings. The van der Waals surface area contributed by atoms with Crippen LogP contribution in [0.4, 0.5) is 0 Å². The third-order valence-electron chi connectivity index (χ3n) is 3.13. The Labute approximate surface area is 129 Å². The summed E-state index contributed by atoms with van der Waals surface area (Å²) in [5.74, 6) is -0.572. The summed E-state index contributed by atoms with van der Waals surface area (Å²) in [4.78, 5) is 11.1. The first kappa shape index (κ1) is 15.4. The lowest BCUT2D eigenvalue weighted by atomic mass is 10.1. The molecule has 0 saturated carbocycles. The van der Waals surface area contributed by atoms with Crippen molar-refractivity contribution in [1.82, 2.24) is 0 Å². The number of rotatable bonds is 6. The summed E-state index contributed by atoms with van der Waals surface area (Å²) in [5.41, 5.74) is 2.02. The van der Waals surface area contributed by atoms with Crippen molar-refractivity contribution in [3.8, 4) is 16.9 Å². The minimum absolute atomic E-state index is 0.400. The normalized spacial score (nSPS) is 11.9. The molecule has 3 nitrogen and oxygen atoms in total. The second-order valence-electron chi connectivity index (χ2n) is 4.74. The summed E-state index contributed by atoms with van der Waals surface area (Å²) in [6, 6.07) is 15.2. The van der Waals surface area contributed by atoms with Gasteiger partial charge in [-0.2, -0.15) is 0 Å². The maximum absolute atomic E-state index is 11.1. The highest BCUT2D eigenvalue weighted by molar-refractivity contribution is 6.32. The zero-order valence-electron chi connectivity index (χ0n) is 11.8. The van der Waals surface area contributed by atoms with Gasteiger partial charge in [0.15, 0.2) is 6.10 Å². The highest BCUT2D eigenvalue weighted by Gasteiger charge is 2.19. The van der Waals surface area contributed by atoms with Crippen molar-refractivity contribution in [2.45, 2.75) is 25.9 Å². The minimum atomic E-state index is -0.972. The second-order valence-corrected chi connectivity index (χ2v) is 5.15. The fraction of sp³-hybridized carbons (Fsp3) is 0.235. The molecule has 0 heterocycles. The van der Waals surface area contributed by atoms with Gasteiger partial charge in [-0.1, -0.05) is 61.3 Å². The van der Waals surface area contributed by atoms with Gasteiger partial charge in [-0.3, -0.25) is 0 Å². The molecule has 2 rings (SSSR count). The number of halogens is 1. The lowest BCUT2D eigenvalue weighted by Crippen LogP contribution is -2.26. The molecule has 1 atom stereocenters. The van der Waals surface area contributed by atoms with Crippen molar-refractivity contribution >= 4 is 17.6 Å². The van der Waals surface area contributed by atoms with Crippen LogP contribution in [0.1, 0.15) is 19.8 Å². The van der Waals surface area contributed by atoms with Crippen LogP contribution in [0.3, 0.4) is 0 Å². The van der Waals surface area contributed by atoms with E-state index in [2.05, 4.69) is 0 Å². The average Bonchev–Trinajstić information content (AvgIpc) is 2.49. The average molecular weight is 305 g/mol. The van der Waals surface area contributed by atoms with Gasteiger partial charge in [0.1, 0.15) is 5.75 Å². The van der Waals surface area contributed by atoms with Crippen molar-refractivity contribution in [1.29, 1.82) is 0 Å². The Morgan fingerprint density at radius 3 is 2.48 bits per heavy atom. The van der Waals surface area contributed by atoms with Gasteiger partial charge in [-0.05, 0) is 29.7 Å². The van der Waals surface area contributed by atoms with Crippen LogP contribution in [0.15, 0.2) is 48.5 Å². The van der Waals surface area contributed by atoms with Gasteiger partial charge in [0.2, 0.25) is 0 Å². The quantitative estimate of drug-likeness (QED) is 0.845. The number of carboxylic acid groups (broad SMARTS) is 1. The molecule has 0 spiro atoms. The fourth-order valence-electron chi connectivity index (χ4n) is 2.05. The standard InChI is InChI=1S/C17H17ClO3/c1-2-6-16(17(19)20)21-15-10-9-13(11-14(15)18)12-7-4-3-5-8-12/h3-5,7-11,16H,2,6H2,1H3,(H,19,20). The number of hydrogen-bond acceptors (Lipinski definition) is 2. The number of aliphatic carboxylic acids is 1. The molecule has 1 N–H and O–H groups in total. The first-order valence-corrected chi connectivity index (χ1v) is 7.24. The highest BCUT2D eigenvalue weighted by Crippen LogP contribution is 2.31. The molecule has 2 aromatic carbocycles. The van der Waals surface area contributed by atoms with Crippen LogP contribution in [-0.2, 0) is 4.79 Å². The van der Waals surface area contributed by atoms with Crippen molar-refractivity contribution in [2.24, 2.45) is 0 Å². The van der Waals surface area contributed by atoms with Gasteiger partial charge < -0.3 is 9.84 Å². The van der Waals surface area contributed by atoms with Crippen LogP contribution in [0.2, 0.25) is 5.02 Å². The third-order valence-corrected chi connectivity index (χ3v) is 3.43. The van der Waals surface area contributed by atoms with Gasteiger partial charge in [0.05, 0.1) is 5.02 Å². The molecule has 0 aliphatic carbocycles. The summed E-state index contributed by atoms with van der Waals surface area (Å²) in [6.07, 6.45) is 0.318. The topological polar surface area (TPSA) is 46.5 Å². The van der Waals surface area contributed by atoms with E-state index in [0.29, 0.717) is 17.2 Å². The summed E-state index contributed by atoms with van der Waals surface area (Å²) in [5, 5.41) is 9.54. The number of benzene rings is 2. The summed E-state index contributed by atoms with van der Waals surface area (Å²) in [7, 11) is 0. The molecule has 0 radical (unpaired) electrons. The molecule has 0 amide bonds. The Morgan fingerprint density at radius 1 is 1.19 bits per heavy atom. The molecule has 110 valence electrons. The van der Waals surface area contributed by atoms with E-state index in [0.717, 1.165) is 17.5 Å². The molecule has 0 saturated heterocycles. The molecule has 1 unspecified atom stereocenters. The van der Waals surface area contributed by atoms with E-state index in [1.54, 1.807) is 12.1 Å². The molecule has 2 aromatic rings. The van der Waals surface area contributed by atoms with Crippen LogP contribution in [0, 0.1) is 0 Å². The van der Waals surface area contributed by atoms with Crippen LogP contribution in [-0.4, -0.2) is 17.2 Å². The first-order chi connectivity index (χ1) is 10.1. The van der Waals surface area contributed by atoms with Crippen molar-refractivity contribution in [3.05, 3.63) is 53.6 Å². The Kier molecular flexibility index (Phi) is 5.23. The third kappa shape index (κ3) is 3.99. The lowest BCUT2D eigenvalue weighted by Gasteiger charge is -2.16. The van der Waals surface area contributed by atoms with Crippen LogP contribution >= 0.6 is 11.6 Å². The number of ether oxygens (including phenoxy) is 1. The fourth-order valence-corrected chi connectivity index (χ4v) is 2.28. The summed E-state index contributed by atoms with van der Waals surface area (Å²) in [6.45, 7) is 1.92. The van der Waals surface area contributed by atoms with E-state index in [1.807, 2.05) is 43.3 Å². The van der Waals surface area contributed by atoms with Crippen LogP contribution < -0.4 is 4.74 Å². The largest absolute Gasteiger partial charge is 0.479 e. The smallest absolute Gasteiger partial charge is 0.344 e. The second kappa shape index (κ2) is 7.14. The van der Waals surface area contributed by atoms with Gasteiger partial charge >= 0.3 is 5.97 Å². The molecule has 0 aliphatic heterocycles. The first-order valence-electron chi connectivity index (χ1n) is 6.86. The number of hydrogen-bond donors (Lipinski definition) is 1. The predicted octanol–water partition coefficient (Wildman–Crippen LogP) is 4.64. The molecular formula is C17H17ClO3. The Bertz CT molecular complexity index is 611. The minimum Gasteiger partial charge on any atom is -0.479 e. The van der Waals surface area contributed by atoms with Crippen LogP contribution in [0.25, 0.3) is 11.1 Å². The van der Waals surface area contributed by atoms with Crippen molar-refractivity contribution < 1.29 is 14.6 Å². The molecule has 0 aromatic heterocycles. The predicted molar refractivity (Wildman–Crippen MR) is 83.8 cm³/mol. The van der Waals surface area contributed by atoms with E-state index in [9.17, 15) is 4.79 Å². The van der Waals surface area contributed by atoms with E-state index in [4.69, 9.17) is 21.4 Å². The van der Waals surface area contributed by atoms with E-state index in [1.165, 1.54) is 0 Å². The van der Waals surface area contributed by atoms with Gasteiger partial charge in [-0.15, -0.1) is 0 Å². The Morgan fingerprint density at radius 2 is 1.90 bits per heavy atom. The monoisotopic (exact) mass is 304 g/mol. The van der Waals surface area contributed by atoms with Crippen LogP contribution in [0.5, 0.6) is 5.75 Å². The van der Waals surface area contributed by atoms with Gasteiger partial charge in [0.25, 0.3) is 0 Å². The van der Waals surface area contributed by atoms with Crippen molar-refractivity contribution in [2.75, 3.05) is 0 Å². The Hall–Kier alpha value is -2.00. The zero-order chi connectivity index (χ0) is 15.2. The van der Waals surface area contributed by atoms with Gasteiger partial charge in [-0.25, -0.2) is 4.79 Å². The molecular weight excluding hydrogens is 288 g/mol. The van der Waals surface area contributed by atoms with E-state index in [-0.39, 0.29) is 0 Å². The SMILES string of the molecule is CCCC(Oc1ccc(-c2ccccc2)cc1Cl)C(=O)O. The van der Waals surface area contributed by atoms with Crippen molar-refractivity contribution in [3.63, 3.8) is 0 Å². The number of carboxylic acids is 1. The molecule has 0 bridgehead atoms. The summed E-state index contributed by atoms with van der Waals surface area (Å²) < 4.78 is 5.51. The number of carbonyl (C=O) groups is 1.